The van der Waals surface area contributed by atoms with Gasteiger partial charge in [-0.1, -0.05) is 92.6 Å². The molecule has 0 radical (unpaired) electrons. The summed E-state index contributed by atoms with van der Waals surface area (Å²) in [6, 6.07) is 12.8. The van der Waals surface area contributed by atoms with Gasteiger partial charge in [-0.15, -0.1) is 0 Å². The van der Waals surface area contributed by atoms with Gasteiger partial charge in [0, 0.05) is 12.1 Å². The van der Waals surface area contributed by atoms with Crippen LogP contribution < -0.4 is 0 Å². The number of benzene rings is 2. The summed E-state index contributed by atoms with van der Waals surface area (Å²) in [5, 5.41) is 3.32. The molecular formula is C22H26Cl2N2. The van der Waals surface area contributed by atoms with Crippen LogP contribution in [-0.4, -0.2) is 9.55 Å². The van der Waals surface area contributed by atoms with E-state index in [4.69, 9.17) is 23.2 Å². The van der Waals surface area contributed by atoms with Crippen molar-refractivity contribution in [3.8, 4) is 11.4 Å². The summed E-state index contributed by atoms with van der Waals surface area (Å²) in [4.78, 5) is 4.60. The Kier molecular flexibility index (Phi) is 6.61. The lowest BCUT2D eigenvalue weighted by molar-refractivity contribution is 0.560. The third-order valence-corrected chi connectivity index (χ3v) is 5.59. The lowest BCUT2D eigenvalue weighted by atomic mass is 10.0. The van der Waals surface area contributed by atoms with Gasteiger partial charge in [-0.3, -0.25) is 0 Å². The van der Waals surface area contributed by atoms with Gasteiger partial charge in [0.1, 0.15) is 11.0 Å². The number of halogens is 2. The second kappa shape index (κ2) is 8.92. The number of imidazole rings is 1. The van der Waals surface area contributed by atoms with Crippen LogP contribution in [0.15, 0.2) is 36.4 Å². The molecular weight excluding hydrogens is 363 g/mol. The molecule has 0 bridgehead atoms. The highest BCUT2D eigenvalue weighted by Crippen LogP contribution is 2.34. The summed E-state index contributed by atoms with van der Waals surface area (Å²) in [6.45, 7) is 5.20. The van der Waals surface area contributed by atoms with E-state index in [9.17, 15) is 0 Å². The van der Waals surface area contributed by atoms with Gasteiger partial charge in [0.05, 0.1) is 0 Å². The van der Waals surface area contributed by atoms with Gasteiger partial charge in [-0.2, -0.15) is 0 Å². The SMILES string of the molecule is CCCCCCCCn1c(-c2cc(C)cc3ccccc23)nc(Cl)c1Cl. The Morgan fingerprint density at radius 2 is 1.69 bits per heavy atom. The molecule has 0 fully saturated rings. The van der Waals surface area contributed by atoms with E-state index in [2.05, 4.69) is 59.8 Å². The first-order valence-corrected chi connectivity index (χ1v) is 10.3. The molecule has 3 aromatic rings. The Labute approximate surface area is 166 Å². The monoisotopic (exact) mass is 388 g/mol. The lowest BCUT2D eigenvalue weighted by Crippen LogP contribution is -2.02. The minimum atomic E-state index is 0.387. The quantitative estimate of drug-likeness (QED) is 0.361. The molecule has 0 atom stereocenters. The van der Waals surface area contributed by atoms with Gasteiger partial charge in [0.2, 0.25) is 0 Å². The molecule has 0 saturated carbocycles. The van der Waals surface area contributed by atoms with Crippen LogP contribution in [0.25, 0.3) is 22.2 Å². The maximum atomic E-state index is 6.49. The maximum Gasteiger partial charge on any atom is 0.166 e. The summed E-state index contributed by atoms with van der Waals surface area (Å²) in [6.07, 6.45) is 7.47. The fourth-order valence-corrected chi connectivity index (χ4v) is 3.90. The average molecular weight is 389 g/mol. The number of aryl methyl sites for hydroxylation is 1. The molecule has 0 amide bonds. The Morgan fingerprint density at radius 1 is 0.962 bits per heavy atom. The van der Waals surface area contributed by atoms with Crippen molar-refractivity contribution in [2.45, 2.75) is 58.9 Å². The number of hydrogen-bond donors (Lipinski definition) is 0. The summed E-state index contributed by atoms with van der Waals surface area (Å²) in [5.41, 5.74) is 2.31. The second-order valence-electron chi connectivity index (χ2n) is 6.97. The Bertz CT molecular complexity index is 883. The van der Waals surface area contributed by atoms with Crippen LogP contribution in [0.3, 0.4) is 0 Å². The van der Waals surface area contributed by atoms with Crippen molar-refractivity contribution in [2.75, 3.05) is 0 Å². The molecule has 0 saturated heterocycles. The molecule has 2 nitrogen and oxygen atoms in total. The van der Waals surface area contributed by atoms with Crippen LogP contribution >= 0.6 is 23.2 Å². The molecule has 0 unspecified atom stereocenters. The highest BCUT2D eigenvalue weighted by molar-refractivity contribution is 6.40. The first-order chi connectivity index (χ1) is 12.6. The highest BCUT2D eigenvalue weighted by atomic mass is 35.5. The summed E-state index contributed by atoms with van der Waals surface area (Å²) < 4.78 is 2.07. The smallest absolute Gasteiger partial charge is 0.166 e. The molecule has 4 heteroatoms. The van der Waals surface area contributed by atoms with Crippen molar-refractivity contribution in [3.63, 3.8) is 0 Å². The van der Waals surface area contributed by atoms with Crippen LogP contribution in [0.5, 0.6) is 0 Å². The minimum Gasteiger partial charge on any atom is -0.314 e. The lowest BCUT2D eigenvalue weighted by Gasteiger charge is -2.12. The average Bonchev–Trinajstić information content (AvgIpc) is 2.92. The molecule has 0 aliphatic carbocycles. The van der Waals surface area contributed by atoms with Crippen molar-refractivity contribution in [1.29, 1.82) is 0 Å². The van der Waals surface area contributed by atoms with E-state index in [0.29, 0.717) is 10.3 Å². The molecule has 3 rings (SSSR count). The standard InChI is InChI=1S/C22H26Cl2N2/c1-3-4-5-6-7-10-13-26-21(24)20(23)25-22(26)19-15-16(2)14-17-11-8-9-12-18(17)19/h8-9,11-12,14-15H,3-7,10,13H2,1-2H3. The van der Waals surface area contributed by atoms with Crippen molar-refractivity contribution < 1.29 is 0 Å². The predicted molar refractivity (Wildman–Crippen MR) is 113 cm³/mol. The summed E-state index contributed by atoms with van der Waals surface area (Å²) >= 11 is 12.8. The number of nitrogens with zero attached hydrogens (tertiary/aromatic N) is 2. The fraction of sp³-hybridized carbons (Fsp3) is 0.409. The van der Waals surface area contributed by atoms with Gasteiger partial charge >= 0.3 is 0 Å². The van der Waals surface area contributed by atoms with Gasteiger partial charge in [0.15, 0.2) is 5.15 Å². The van der Waals surface area contributed by atoms with Crippen LogP contribution in [-0.2, 0) is 6.54 Å². The van der Waals surface area contributed by atoms with Crippen molar-refractivity contribution >= 4 is 34.0 Å². The topological polar surface area (TPSA) is 17.8 Å². The Hall–Kier alpha value is -1.51. The summed E-state index contributed by atoms with van der Waals surface area (Å²) in [7, 11) is 0. The van der Waals surface area contributed by atoms with Crippen LogP contribution in [0.2, 0.25) is 10.3 Å². The zero-order valence-corrected chi connectivity index (χ0v) is 17.1. The molecule has 0 aliphatic heterocycles. The molecule has 0 spiro atoms. The van der Waals surface area contributed by atoms with E-state index < -0.39 is 0 Å². The van der Waals surface area contributed by atoms with Gasteiger partial charge in [-0.25, -0.2) is 4.98 Å². The number of hydrogen-bond acceptors (Lipinski definition) is 1. The van der Waals surface area contributed by atoms with Gasteiger partial charge < -0.3 is 4.57 Å². The van der Waals surface area contributed by atoms with Crippen LogP contribution in [0, 0.1) is 6.92 Å². The van der Waals surface area contributed by atoms with E-state index in [1.807, 2.05) is 0 Å². The number of fused-ring (bicyclic) bond motifs is 1. The van der Waals surface area contributed by atoms with E-state index in [1.54, 1.807) is 0 Å². The van der Waals surface area contributed by atoms with Gasteiger partial charge in [-0.05, 0) is 35.7 Å². The van der Waals surface area contributed by atoms with E-state index in [-0.39, 0.29) is 0 Å². The Balaban J connectivity index is 1.90. The van der Waals surface area contributed by atoms with E-state index >= 15 is 0 Å². The van der Waals surface area contributed by atoms with Crippen molar-refractivity contribution in [3.05, 3.63) is 52.3 Å². The zero-order valence-electron chi connectivity index (χ0n) is 15.6. The third kappa shape index (κ3) is 4.24. The van der Waals surface area contributed by atoms with Gasteiger partial charge in [0.25, 0.3) is 0 Å². The van der Waals surface area contributed by atoms with Crippen molar-refractivity contribution in [1.82, 2.24) is 9.55 Å². The molecule has 26 heavy (non-hydrogen) atoms. The zero-order chi connectivity index (χ0) is 18.5. The number of rotatable bonds is 8. The van der Waals surface area contributed by atoms with E-state index in [1.165, 1.54) is 48.4 Å². The van der Waals surface area contributed by atoms with Crippen LogP contribution in [0.4, 0.5) is 0 Å². The molecule has 138 valence electrons. The van der Waals surface area contributed by atoms with Crippen LogP contribution in [0.1, 0.15) is 51.0 Å². The first-order valence-electron chi connectivity index (χ1n) is 9.53. The minimum absolute atomic E-state index is 0.387. The highest BCUT2D eigenvalue weighted by Gasteiger charge is 2.17. The maximum absolute atomic E-state index is 6.49. The normalized spacial score (nSPS) is 11.4. The molecule has 1 heterocycles. The largest absolute Gasteiger partial charge is 0.314 e. The second-order valence-corrected chi connectivity index (χ2v) is 7.69. The predicted octanol–water partition coefficient (Wildman–Crippen LogP) is 7.68. The Morgan fingerprint density at radius 3 is 2.50 bits per heavy atom. The van der Waals surface area contributed by atoms with E-state index in [0.717, 1.165) is 24.4 Å². The van der Waals surface area contributed by atoms with Crippen molar-refractivity contribution in [2.24, 2.45) is 0 Å². The molecule has 1 aromatic heterocycles. The molecule has 0 N–H and O–H groups in total. The fourth-order valence-electron chi connectivity index (χ4n) is 3.51. The molecule has 0 aliphatic rings. The number of unbranched alkanes of at least 4 members (excludes halogenated alkanes) is 5. The molecule has 2 aromatic carbocycles. The summed E-state index contributed by atoms with van der Waals surface area (Å²) in [5.74, 6) is 0.869. The first kappa shape index (κ1) is 19.3. The number of aromatic nitrogens is 2. The third-order valence-electron chi connectivity index (χ3n) is 4.85.